The van der Waals surface area contributed by atoms with Gasteiger partial charge < -0.3 is 5.73 Å². The predicted octanol–water partition coefficient (Wildman–Crippen LogP) is 1.89. The van der Waals surface area contributed by atoms with E-state index in [0.29, 0.717) is 5.70 Å². The second-order valence-electron chi connectivity index (χ2n) is 1.57. The Bertz CT molecular complexity index is 156. The highest BCUT2D eigenvalue weighted by Gasteiger charge is 1.79. The van der Waals surface area contributed by atoms with Crippen LogP contribution < -0.4 is 5.73 Å². The first-order valence-corrected chi connectivity index (χ1v) is 2.61. The van der Waals surface area contributed by atoms with Crippen molar-refractivity contribution in [3.8, 4) is 0 Å². The third kappa shape index (κ3) is 4.81. The summed E-state index contributed by atoms with van der Waals surface area (Å²) in [6.07, 6.45) is 4.36. The molecular formula is C7H10FN. The normalized spacial score (nSPS) is 12.4. The maximum Gasteiger partial charge on any atom is 0.116 e. The number of nitrogens with two attached hydrogens (primary N) is 1. The second-order valence-corrected chi connectivity index (χ2v) is 1.57. The van der Waals surface area contributed by atoms with Gasteiger partial charge >= 0.3 is 0 Å². The highest BCUT2D eigenvalue weighted by molar-refractivity contribution is 5.19. The highest BCUT2D eigenvalue weighted by atomic mass is 19.1. The predicted molar refractivity (Wildman–Crippen MR) is 37.3 cm³/mol. The molecule has 0 aromatic heterocycles. The third-order valence-corrected chi connectivity index (χ3v) is 0.790. The number of halogens is 1. The molecule has 1 nitrogen and oxygen atoms in total. The number of allylic oxidation sites excluding steroid dienone is 4. The van der Waals surface area contributed by atoms with Gasteiger partial charge in [-0.3, -0.25) is 0 Å². The van der Waals surface area contributed by atoms with Gasteiger partial charge in [-0.2, -0.15) is 0 Å². The smallest absolute Gasteiger partial charge is 0.116 e. The molecule has 2 N–H and O–H groups in total. The van der Waals surface area contributed by atoms with E-state index in [1.165, 1.54) is 12.2 Å². The summed E-state index contributed by atoms with van der Waals surface area (Å²) in [6.45, 7) is 4.80. The van der Waals surface area contributed by atoms with Crippen LogP contribution in [0.15, 0.2) is 36.3 Å². The van der Waals surface area contributed by atoms with Gasteiger partial charge in [-0.25, -0.2) is 4.39 Å². The van der Waals surface area contributed by atoms with Crippen molar-refractivity contribution in [1.29, 1.82) is 0 Å². The van der Waals surface area contributed by atoms with E-state index in [0.717, 1.165) is 0 Å². The van der Waals surface area contributed by atoms with Crippen molar-refractivity contribution in [2.75, 3.05) is 0 Å². The van der Waals surface area contributed by atoms with Crippen molar-refractivity contribution in [3.05, 3.63) is 36.3 Å². The van der Waals surface area contributed by atoms with Crippen molar-refractivity contribution >= 4 is 0 Å². The van der Waals surface area contributed by atoms with E-state index in [4.69, 9.17) is 5.73 Å². The third-order valence-electron chi connectivity index (χ3n) is 0.790. The molecule has 0 aromatic rings. The van der Waals surface area contributed by atoms with Gasteiger partial charge in [-0.05, 0) is 19.1 Å². The molecule has 0 rings (SSSR count). The van der Waals surface area contributed by atoms with Crippen LogP contribution in [0.25, 0.3) is 0 Å². The summed E-state index contributed by atoms with van der Waals surface area (Å²) in [5, 5.41) is 0. The Labute approximate surface area is 54.4 Å². The van der Waals surface area contributed by atoms with Crippen LogP contribution in [-0.4, -0.2) is 0 Å². The van der Waals surface area contributed by atoms with E-state index < -0.39 is 5.83 Å². The Morgan fingerprint density at radius 3 is 2.44 bits per heavy atom. The maximum atomic E-state index is 11.8. The molecule has 2 heteroatoms. The molecular weight excluding hydrogens is 117 g/mol. The zero-order valence-electron chi connectivity index (χ0n) is 5.39. The molecule has 9 heavy (non-hydrogen) atoms. The van der Waals surface area contributed by atoms with E-state index in [1.54, 1.807) is 13.0 Å². The van der Waals surface area contributed by atoms with Crippen molar-refractivity contribution in [2.45, 2.75) is 6.92 Å². The topological polar surface area (TPSA) is 26.0 Å². The van der Waals surface area contributed by atoms with Crippen LogP contribution in [0.3, 0.4) is 0 Å². The Morgan fingerprint density at radius 1 is 1.56 bits per heavy atom. The number of rotatable bonds is 2. The average Bonchev–Trinajstić information content (AvgIpc) is 1.83. The van der Waals surface area contributed by atoms with Crippen molar-refractivity contribution in [2.24, 2.45) is 5.73 Å². The van der Waals surface area contributed by atoms with Crippen LogP contribution in [0.1, 0.15) is 6.92 Å². The van der Waals surface area contributed by atoms with Gasteiger partial charge in [0.1, 0.15) is 5.83 Å². The summed E-state index contributed by atoms with van der Waals surface area (Å²) >= 11 is 0. The lowest BCUT2D eigenvalue weighted by Gasteiger charge is -1.85. The van der Waals surface area contributed by atoms with E-state index in [9.17, 15) is 4.39 Å². The zero-order valence-corrected chi connectivity index (χ0v) is 5.39. The van der Waals surface area contributed by atoms with E-state index in [2.05, 4.69) is 6.58 Å². The molecule has 0 saturated heterocycles. The fourth-order valence-corrected chi connectivity index (χ4v) is 0.283. The minimum absolute atomic E-state index is 0.486. The molecule has 0 amide bonds. The van der Waals surface area contributed by atoms with Gasteiger partial charge in [0.15, 0.2) is 0 Å². The maximum absolute atomic E-state index is 11.8. The Hall–Kier alpha value is -1.05. The fourth-order valence-electron chi connectivity index (χ4n) is 0.283. The molecule has 0 aliphatic carbocycles. The van der Waals surface area contributed by atoms with Gasteiger partial charge in [0.05, 0.1) is 0 Å². The van der Waals surface area contributed by atoms with Gasteiger partial charge in [-0.15, -0.1) is 0 Å². The number of hydrogen-bond donors (Lipinski definition) is 1. The SMILES string of the molecule is C=C(F)/C=C\C(N)=C/C. The Kier molecular flexibility index (Phi) is 3.44. The van der Waals surface area contributed by atoms with Crippen molar-refractivity contribution < 1.29 is 4.39 Å². The van der Waals surface area contributed by atoms with Crippen LogP contribution in [0.4, 0.5) is 4.39 Å². The quantitative estimate of drug-likeness (QED) is 0.563. The van der Waals surface area contributed by atoms with E-state index in [1.807, 2.05) is 0 Å². The minimum atomic E-state index is -0.486. The molecule has 0 fully saturated rings. The summed E-state index contributed by atoms with van der Waals surface area (Å²) in [6, 6.07) is 0. The zero-order chi connectivity index (χ0) is 7.28. The minimum Gasteiger partial charge on any atom is -0.399 e. The van der Waals surface area contributed by atoms with E-state index >= 15 is 0 Å². The lowest BCUT2D eigenvalue weighted by molar-refractivity contribution is 0.671. The fraction of sp³-hybridized carbons (Fsp3) is 0.143. The first-order chi connectivity index (χ1) is 4.16. The molecule has 0 unspecified atom stereocenters. The van der Waals surface area contributed by atoms with Crippen LogP contribution >= 0.6 is 0 Å². The van der Waals surface area contributed by atoms with Crippen molar-refractivity contribution in [1.82, 2.24) is 0 Å². The van der Waals surface area contributed by atoms with E-state index in [-0.39, 0.29) is 0 Å². The summed E-state index contributed by atoms with van der Waals surface area (Å²) in [5.74, 6) is -0.486. The number of hydrogen-bond acceptors (Lipinski definition) is 1. The molecule has 0 atom stereocenters. The molecule has 0 aliphatic rings. The summed E-state index contributed by atoms with van der Waals surface area (Å²) in [4.78, 5) is 0. The van der Waals surface area contributed by atoms with Gasteiger partial charge in [0.2, 0.25) is 0 Å². The lowest BCUT2D eigenvalue weighted by atomic mass is 10.3. The van der Waals surface area contributed by atoms with Crippen LogP contribution in [0.5, 0.6) is 0 Å². The molecule has 0 heterocycles. The molecule has 0 radical (unpaired) electrons. The summed E-state index contributed by atoms with van der Waals surface area (Å²) in [5.41, 5.74) is 5.82. The van der Waals surface area contributed by atoms with Crippen LogP contribution in [0, 0.1) is 0 Å². The van der Waals surface area contributed by atoms with Gasteiger partial charge in [0.25, 0.3) is 0 Å². The highest BCUT2D eigenvalue weighted by Crippen LogP contribution is 1.95. The molecule has 0 bridgehead atoms. The molecule has 0 saturated carbocycles. The second kappa shape index (κ2) is 3.89. The largest absolute Gasteiger partial charge is 0.399 e. The lowest BCUT2D eigenvalue weighted by Crippen LogP contribution is -1.90. The van der Waals surface area contributed by atoms with Gasteiger partial charge in [0, 0.05) is 5.70 Å². The van der Waals surface area contributed by atoms with Crippen LogP contribution in [-0.2, 0) is 0 Å². The molecule has 0 aliphatic heterocycles. The summed E-state index contributed by atoms with van der Waals surface area (Å²) < 4.78 is 11.8. The average molecular weight is 127 g/mol. The molecule has 0 spiro atoms. The van der Waals surface area contributed by atoms with Crippen molar-refractivity contribution in [3.63, 3.8) is 0 Å². The first kappa shape index (κ1) is 7.95. The Morgan fingerprint density at radius 2 is 2.11 bits per heavy atom. The van der Waals surface area contributed by atoms with Crippen LogP contribution in [0.2, 0.25) is 0 Å². The standard InChI is InChI=1S/C7H10FN/c1-3-7(9)5-4-6(2)8/h3-5H,2,9H2,1H3/b5-4-,7-3+. The molecule has 50 valence electrons. The molecule has 0 aromatic carbocycles. The monoisotopic (exact) mass is 127 g/mol. The van der Waals surface area contributed by atoms with Gasteiger partial charge in [-0.1, -0.05) is 12.7 Å². The first-order valence-electron chi connectivity index (χ1n) is 2.61. The summed E-state index contributed by atoms with van der Waals surface area (Å²) in [7, 11) is 0. The Balaban J connectivity index is 3.86.